The summed E-state index contributed by atoms with van der Waals surface area (Å²) >= 11 is 0. The Morgan fingerprint density at radius 3 is 2.92 bits per heavy atom. The number of fused-ring (bicyclic) bond motifs is 1. The van der Waals surface area contributed by atoms with E-state index in [1.807, 2.05) is 24.3 Å². The van der Waals surface area contributed by atoms with Crippen LogP contribution in [-0.2, 0) is 6.54 Å². The monoisotopic (exact) mass is 379 g/mol. The number of furan rings is 1. The van der Waals surface area contributed by atoms with Gasteiger partial charge in [-0.1, -0.05) is 0 Å². The van der Waals surface area contributed by atoms with Crippen molar-refractivity contribution in [1.82, 2.24) is 15.0 Å². The van der Waals surface area contributed by atoms with Crippen LogP contribution in [0.15, 0.2) is 46.1 Å². The van der Waals surface area contributed by atoms with Crippen molar-refractivity contribution in [3.05, 3.63) is 53.7 Å². The summed E-state index contributed by atoms with van der Waals surface area (Å²) in [6.07, 6.45) is 6.81. The van der Waals surface area contributed by atoms with E-state index >= 15 is 0 Å². The van der Waals surface area contributed by atoms with Crippen molar-refractivity contribution in [2.45, 2.75) is 6.54 Å². The molecule has 25 heavy (non-hydrogen) atoms. The van der Waals surface area contributed by atoms with Crippen molar-refractivity contribution < 1.29 is 9.52 Å². The Hall–Kier alpha value is -2.77. The van der Waals surface area contributed by atoms with Crippen LogP contribution in [0.2, 0.25) is 0 Å². The van der Waals surface area contributed by atoms with Gasteiger partial charge in [-0.05, 0) is 30.3 Å². The predicted molar refractivity (Wildman–Crippen MR) is 101 cm³/mol. The Labute approximate surface area is 155 Å². The number of aliphatic imine (C=N–C) groups is 1. The molecule has 0 saturated carbocycles. The summed E-state index contributed by atoms with van der Waals surface area (Å²) < 4.78 is 5.24. The average molecular weight is 380 g/mol. The first-order chi connectivity index (χ1) is 11.3. The van der Waals surface area contributed by atoms with Crippen LogP contribution in [0.4, 0.5) is 11.8 Å². The molecule has 0 bridgehead atoms. The van der Waals surface area contributed by atoms with Crippen molar-refractivity contribution >= 4 is 54.4 Å². The maximum absolute atomic E-state index is 9.99. The lowest BCUT2D eigenvalue weighted by atomic mass is 10.1. The molecular formula is C16H15Cl2N5O2. The van der Waals surface area contributed by atoms with Crippen molar-refractivity contribution in [2.75, 3.05) is 5.32 Å². The van der Waals surface area contributed by atoms with Gasteiger partial charge in [-0.15, -0.1) is 24.8 Å². The zero-order valence-corrected chi connectivity index (χ0v) is 14.5. The minimum Gasteiger partial charge on any atom is -0.492 e. The van der Waals surface area contributed by atoms with Crippen LogP contribution < -0.4 is 5.32 Å². The number of allylic oxidation sites excluding steroid dienone is 1. The topological polar surface area (TPSA) is 99.3 Å². The Kier molecular flexibility index (Phi) is 5.84. The molecule has 3 N–H and O–H groups in total. The van der Waals surface area contributed by atoms with Crippen LogP contribution in [-0.4, -0.2) is 26.3 Å². The maximum atomic E-state index is 9.99. The fourth-order valence-electron chi connectivity index (χ4n) is 2.34. The number of rotatable bonds is 4. The standard InChI is InChI=1S/C16H13N5O2.2ClH/c22-15-13(7-10-8-18-14-12(10)4-1-5-17-14)20-16(21-15)19-9-11-3-2-6-23-11;;/h1-8,22H,9H2,(H2,19,20,21);2*1H/b10-7+;;. The SMILES string of the molecule is Cl.Cl.Oc1nc(NCc2ccco2)[nH]c1/C=C1\C=Nc2ncccc21. The van der Waals surface area contributed by atoms with E-state index in [0.717, 1.165) is 16.9 Å². The lowest BCUT2D eigenvalue weighted by Gasteiger charge is -1.99. The molecule has 0 amide bonds. The first-order valence-corrected chi connectivity index (χ1v) is 7.06. The second-order valence-electron chi connectivity index (χ2n) is 4.99. The number of H-pyrrole nitrogens is 1. The van der Waals surface area contributed by atoms with Crippen LogP contribution >= 0.6 is 24.8 Å². The zero-order valence-electron chi connectivity index (χ0n) is 12.8. The lowest BCUT2D eigenvalue weighted by Crippen LogP contribution is -1.99. The molecule has 3 aromatic rings. The van der Waals surface area contributed by atoms with Gasteiger partial charge in [0, 0.05) is 23.5 Å². The molecule has 7 nitrogen and oxygen atoms in total. The highest BCUT2D eigenvalue weighted by atomic mass is 35.5. The molecule has 0 spiro atoms. The summed E-state index contributed by atoms with van der Waals surface area (Å²) in [4.78, 5) is 15.5. The first kappa shape index (κ1) is 18.6. The smallest absolute Gasteiger partial charge is 0.238 e. The highest BCUT2D eigenvalue weighted by Gasteiger charge is 2.15. The summed E-state index contributed by atoms with van der Waals surface area (Å²) in [5.74, 6) is 1.84. The number of hydrogen-bond donors (Lipinski definition) is 3. The van der Waals surface area contributed by atoms with E-state index in [-0.39, 0.29) is 30.7 Å². The van der Waals surface area contributed by atoms with Gasteiger partial charge in [0.25, 0.3) is 0 Å². The summed E-state index contributed by atoms with van der Waals surface area (Å²) in [5.41, 5.74) is 2.29. The summed E-state index contributed by atoms with van der Waals surface area (Å²) in [6.45, 7) is 0.476. The number of nitrogens with zero attached hydrogens (tertiary/aromatic N) is 3. The minimum absolute atomic E-state index is 0. The molecule has 0 radical (unpaired) electrons. The van der Waals surface area contributed by atoms with Gasteiger partial charge in [-0.25, -0.2) is 9.98 Å². The van der Waals surface area contributed by atoms with E-state index < -0.39 is 0 Å². The molecule has 1 aliphatic rings. The molecule has 0 fully saturated rings. The van der Waals surface area contributed by atoms with Crippen molar-refractivity contribution in [3.63, 3.8) is 0 Å². The van der Waals surface area contributed by atoms with Gasteiger partial charge in [0.1, 0.15) is 11.5 Å². The van der Waals surface area contributed by atoms with Crippen molar-refractivity contribution in [2.24, 2.45) is 4.99 Å². The van der Waals surface area contributed by atoms with Crippen molar-refractivity contribution in [1.29, 1.82) is 0 Å². The van der Waals surface area contributed by atoms with Gasteiger partial charge >= 0.3 is 0 Å². The third-order valence-electron chi connectivity index (χ3n) is 3.45. The molecule has 9 heteroatoms. The zero-order chi connectivity index (χ0) is 15.6. The molecule has 4 rings (SSSR count). The van der Waals surface area contributed by atoms with E-state index in [9.17, 15) is 5.11 Å². The highest BCUT2D eigenvalue weighted by molar-refractivity contribution is 6.20. The molecule has 0 atom stereocenters. The molecule has 0 saturated heterocycles. The van der Waals surface area contributed by atoms with Gasteiger partial charge < -0.3 is 19.8 Å². The third kappa shape index (κ3) is 3.84. The Morgan fingerprint density at radius 1 is 1.24 bits per heavy atom. The Bertz CT molecular complexity index is 903. The first-order valence-electron chi connectivity index (χ1n) is 7.06. The second kappa shape index (κ2) is 7.87. The number of anilines is 1. The number of nitrogens with one attached hydrogen (secondary N) is 2. The maximum Gasteiger partial charge on any atom is 0.238 e. The number of aromatic hydroxyl groups is 1. The number of hydrogen-bond acceptors (Lipinski definition) is 6. The second-order valence-corrected chi connectivity index (χ2v) is 4.99. The molecule has 3 aromatic heterocycles. The number of aromatic nitrogens is 3. The molecule has 1 aliphatic heterocycles. The van der Waals surface area contributed by atoms with E-state index in [2.05, 4.69) is 25.3 Å². The molecule has 4 heterocycles. The predicted octanol–water partition coefficient (Wildman–Crippen LogP) is 3.82. The normalized spacial score (nSPS) is 13.2. The van der Waals surface area contributed by atoms with Crippen LogP contribution in [0.25, 0.3) is 11.6 Å². The molecule has 130 valence electrons. The summed E-state index contributed by atoms with van der Waals surface area (Å²) in [5, 5.41) is 13.0. The fraction of sp³-hybridized carbons (Fsp3) is 0.0625. The molecular weight excluding hydrogens is 365 g/mol. The highest BCUT2D eigenvalue weighted by Crippen LogP contribution is 2.31. The number of aromatic amines is 1. The molecule has 0 unspecified atom stereocenters. The number of pyridine rings is 1. The average Bonchev–Trinajstić information content (AvgIpc) is 3.28. The van der Waals surface area contributed by atoms with E-state index in [1.165, 1.54) is 0 Å². The van der Waals surface area contributed by atoms with E-state index in [0.29, 0.717) is 24.0 Å². The fourth-order valence-corrected chi connectivity index (χ4v) is 2.34. The lowest BCUT2D eigenvalue weighted by molar-refractivity contribution is 0.455. The van der Waals surface area contributed by atoms with Gasteiger partial charge in [0.2, 0.25) is 11.8 Å². The summed E-state index contributed by atoms with van der Waals surface area (Å²) in [6, 6.07) is 7.46. The van der Waals surface area contributed by atoms with Gasteiger partial charge in [-0.2, -0.15) is 4.98 Å². The molecule has 0 aromatic carbocycles. The van der Waals surface area contributed by atoms with Crippen LogP contribution in [0.3, 0.4) is 0 Å². The quantitative estimate of drug-likeness (QED) is 0.639. The van der Waals surface area contributed by atoms with Gasteiger partial charge in [0.15, 0.2) is 5.82 Å². The Balaban J connectivity index is 0.00000113. The van der Waals surface area contributed by atoms with Gasteiger partial charge in [0.05, 0.1) is 12.8 Å². The van der Waals surface area contributed by atoms with Crippen molar-refractivity contribution in [3.8, 4) is 5.88 Å². The third-order valence-corrected chi connectivity index (χ3v) is 3.45. The minimum atomic E-state index is -0.0785. The largest absolute Gasteiger partial charge is 0.492 e. The molecule has 0 aliphatic carbocycles. The summed E-state index contributed by atoms with van der Waals surface area (Å²) in [7, 11) is 0. The van der Waals surface area contributed by atoms with Crippen LogP contribution in [0.5, 0.6) is 5.88 Å². The number of imidazole rings is 1. The van der Waals surface area contributed by atoms with Crippen LogP contribution in [0.1, 0.15) is 17.0 Å². The Morgan fingerprint density at radius 2 is 2.12 bits per heavy atom. The van der Waals surface area contributed by atoms with Crippen LogP contribution in [0, 0.1) is 0 Å². The van der Waals surface area contributed by atoms with E-state index in [4.69, 9.17) is 4.42 Å². The van der Waals surface area contributed by atoms with Gasteiger partial charge in [-0.3, -0.25) is 0 Å². The van der Waals surface area contributed by atoms with E-state index in [1.54, 1.807) is 24.8 Å². The number of halogens is 2.